The van der Waals surface area contributed by atoms with Crippen molar-refractivity contribution in [2.45, 2.75) is 6.42 Å². The van der Waals surface area contributed by atoms with Crippen molar-refractivity contribution in [3.8, 4) is 0 Å². The van der Waals surface area contributed by atoms with Crippen molar-refractivity contribution in [1.29, 1.82) is 0 Å². The van der Waals surface area contributed by atoms with Crippen LogP contribution in [0.1, 0.15) is 6.42 Å². The molecule has 74 valence electrons. The fourth-order valence-corrected chi connectivity index (χ4v) is 1.02. The lowest BCUT2D eigenvalue weighted by atomic mass is 10.5. The maximum absolute atomic E-state index is 5.32. The van der Waals surface area contributed by atoms with Gasteiger partial charge in [0.15, 0.2) is 0 Å². The van der Waals surface area contributed by atoms with Gasteiger partial charge in [-0.25, -0.2) is 0 Å². The molecule has 0 unspecified atom stereocenters. The second kappa shape index (κ2) is 11.4. The van der Waals surface area contributed by atoms with Gasteiger partial charge in [0.25, 0.3) is 0 Å². The average Bonchev–Trinajstić information content (AvgIpc) is 2.10. The van der Waals surface area contributed by atoms with E-state index in [0.717, 1.165) is 44.7 Å². The minimum atomic E-state index is 0.787. The molecule has 0 aromatic carbocycles. The normalized spacial score (nSPS) is 10.5. The Morgan fingerprint density at radius 2 is 2.00 bits per heavy atom. The van der Waals surface area contributed by atoms with E-state index in [0.29, 0.717) is 0 Å². The van der Waals surface area contributed by atoms with Crippen molar-refractivity contribution in [3.63, 3.8) is 0 Å². The predicted octanol–water partition coefficient (Wildman–Crippen LogP) is 1.02. The van der Waals surface area contributed by atoms with E-state index in [1.165, 1.54) is 0 Å². The summed E-state index contributed by atoms with van der Waals surface area (Å²) in [5.74, 6) is 0. The summed E-state index contributed by atoms with van der Waals surface area (Å²) < 4.78 is 10.2. The molecule has 0 aromatic heterocycles. The zero-order valence-electron chi connectivity index (χ0n) is 7.64. The maximum Gasteiger partial charge on any atom is 0.0590 e. The smallest absolute Gasteiger partial charge is 0.0590 e. The molecule has 0 spiro atoms. The first kappa shape index (κ1) is 12.4. The number of rotatable bonds is 9. The standard InChI is InChI=1S/C8H18BrNO2/c1-11-6-2-7-12-8-5-10-4-3-9/h10H,2-8H2,1H3. The zero-order valence-corrected chi connectivity index (χ0v) is 9.23. The molecule has 0 heterocycles. The topological polar surface area (TPSA) is 30.5 Å². The lowest BCUT2D eigenvalue weighted by molar-refractivity contribution is 0.104. The molecule has 0 fully saturated rings. The highest BCUT2D eigenvalue weighted by Crippen LogP contribution is 1.82. The molecule has 4 heteroatoms. The number of hydrogen-bond donors (Lipinski definition) is 1. The molecule has 0 saturated carbocycles. The van der Waals surface area contributed by atoms with Crippen molar-refractivity contribution < 1.29 is 9.47 Å². The summed E-state index contributed by atoms with van der Waals surface area (Å²) in [4.78, 5) is 0. The Kier molecular flexibility index (Phi) is 11.7. The summed E-state index contributed by atoms with van der Waals surface area (Å²) in [5.41, 5.74) is 0. The zero-order chi connectivity index (χ0) is 9.07. The highest BCUT2D eigenvalue weighted by molar-refractivity contribution is 9.09. The third-order valence-corrected chi connectivity index (χ3v) is 1.73. The Hall–Kier alpha value is 0.360. The van der Waals surface area contributed by atoms with Crippen LogP contribution in [0.2, 0.25) is 0 Å². The molecule has 0 atom stereocenters. The van der Waals surface area contributed by atoms with Crippen LogP contribution in [0.3, 0.4) is 0 Å². The average molecular weight is 240 g/mol. The van der Waals surface area contributed by atoms with Crippen molar-refractivity contribution in [3.05, 3.63) is 0 Å². The Morgan fingerprint density at radius 3 is 2.67 bits per heavy atom. The third kappa shape index (κ3) is 10.4. The van der Waals surface area contributed by atoms with Crippen LogP contribution in [0.25, 0.3) is 0 Å². The Bertz CT molecular complexity index is 73.5. The monoisotopic (exact) mass is 239 g/mol. The van der Waals surface area contributed by atoms with Crippen LogP contribution in [-0.4, -0.2) is 45.4 Å². The van der Waals surface area contributed by atoms with Crippen LogP contribution < -0.4 is 5.32 Å². The van der Waals surface area contributed by atoms with Crippen molar-refractivity contribution >= 4 is 15.9 Å². The van der Waals surface area contributed by atoms with E-state index in [1.54, 1.807) is 7.11 Å². The first-order valence-electron chi connectivity index (χ1n) is 4.25. The lowest BCUT2D eigenvalue weighted by Gasteiger charge is -2.04. The number of halogens is 1. The molecule has 0 aliphatic carbocycles. The van der Waals surface area contributed by atoms with Gasteiger partial charge in [0, 0.05) is 38.7 Å². The number of hydrogen-bond acceptors (Lipinski definition) is 3. The minimum absolute atomic E-state index is 0.787. The molecule has 3 nitrogen and oxygen atoms in total. The summed E-state index contributed by atoms with van der Waals surface area (Å²) in [6, 6.07) is 0. The van der Waals surface area contributed by atoms with E-state index in [4.69, 9.17) is 9.47 Å². The fourth-order valence-electron chi connectivity index (χ4n) is 0.744. The summed E-state index contributed by atoms with van der Waals surface area (Å²) in [5, 5.41) is 4.22. The van der Waals surface area contributed by atoms with E-state index in [1.807, 2.05) is 0 Å². The lowest BCUT2D eigenvalue weighted by Crippen LogP contribution is -2.21. The molecule has 12 heavy (non-hydrogen) atoms. The first-order valence-corrected chi connectivity index (χ1v) is 5.37. The van der Waals surface area contributed by atoms with Gasteiger partial charge in [0.1, 0.15) is 0 Å². The van der Waals surface area contributed by atoms with Gasteiger partial charge in [-0.2, -0.15) is 0 Å². The number of alkyl halides is 1. The first-order chi connectivity index (χ1) is 5.91. The number of ether oxygens (including phenoxy) is 2. The quantitative estimate of drug-likeness (QED) is 0.482. The SMILES string of the molecule is COCCCOCCNCCBr. The highest BCUT2D eigenvalue weighted by atomic mass is 79.9. The van der Waals surface area contributed by atoms with Gasteiger partial charge in [-0.1, -0.05) is 15.9 Å². The molecule has 0 aromatic rings. The molecular formula is C8H18BrNO2. The van der Waals surface area contributed by atoms with E-state index >= 15 is 0 Å². The van der Waals surface area contributed by atoms with Crippen molar-refractivity contribution in [1.82, 2.24) is 5.32 Å². The van der Waals surface area contributed by atoms with Crippen molar-refractivity contribution in [2.75, 3.05) is 45.4 Å². The minimum Gasteiger partial charge on any atom is -0.385 e. The predicted molar refractivity (Wildman–Crippen MR) is 54.0 cm³/mol. The molecule has 0 bridgehead atoms. The highest BCUT2D eigenvalue weighted by Gasteiger charge is 1.88. The second-order valence-corrected chi connectivity index (χ2v) is 3.19. The van der Waals surface area contributed by atoms with E-state index in [2.05, 4.69) is 21.2 Å². The largest absolute Gasteiger partial charge is 0.385 e. The number of nitrogens with one attached hydrogen (secondary N) is 1. The van der Waals surface area contributed by atoms with Gasteiger partial charge in [-0.05, 0) is 6.42 Å². The summed E-state index contributed by atoms with van der Waals surface area (Å²) in [6.07, 6.45) is 0.981. The van der Waals surface area contributed by atoms with Crippen LogP contribution in [-0.2, 0) is 9.47 Å². The van der Waals surface area contributed by atoms with Gasteiger partial charge in [0.2, 0.25) is 0 Å². The van der Waals surface area contributed by atoms with Gasteiger partial charge in [-0.3, -0.25) is 0 Å². The summed E-state index contributed by atoms with van der Waals surface area (Å²) in [7, 11) is 1.71. The van der Waals surface area contributed by atoms with E-state index in [-0.39, 0.29) is 0 Å². The van der Waals surface area contributed by atoms with Gasteiger partial charge in [0.05, 0.1) is 6.61 Å². The molecule has 0 aliphatic rings. The Morgan fingerprint density at radius 1 is 1.17 bits per heavy atom. The molecular weight excluding hydrogens is 222 g/mol. The molecule has 0 radical (unpaired) electrons. The maximum atomic E-state index is 5.32. The third-order valence-electron chi connectivity index (χ3n) is 1.33. The number of methoxy groups -OCH3 is 1. The van der Waals surface area contributed by atoms with Crippen molar-refractivity contribution in [2.24, 2.45) is 0 Å². The van der Waals surface area contributed by atoms with Gasteiger partial charge < -0.3 is 14.8 Å². The van der Waals surface area contributed by atoms with Gasteiger partial charge in [-0.15, -0.1) is 0 Å². The van der Waals surface area contributed by atoms with E-state index in [9.17, 15) is 0 Å². The molecule has 0 saturated heterocycles. The molecule has 0 aliphatic heterocycles. The van der Waals surface area contributed by atoms with Crippen LogP contribution in [0.4, 0.5) is 0 Å². The van der Waals surface area contributed by atoms with Gasteiger partial charge >= 0.3 is 0 Å². The van der Waals surface area contributed by atoms with E-state index < -0.39 is 0 Å². The summed E-state index contributed by atoms with van der Waals surface area (Å²) >= 11 is 3.33. The Labute approximate surface area is 82.9 Å². The van der Waals surface area contributed by atoms with Crippen LogP contribution >= 0.6 is 15.9 Å². The van der Waals surface area contributed by atoms with Crippen LogP contribution in [0.15, 0.2) is 0 Å². The summed E-state index contributed by atoms with van der Waals surface area (Å²) in [6.45, 7) is 4.30. The second-order valence-electron chi connectivity index (χ2n) is 2.40. The molecule has 0 rings (SSSR count). The molecule has 0 amide bonds. The molecule has 1 N–H and O–H groups in total. The fraction of sp³-hybridized carbons (Fsp3) is 1.00. The Balaban J connectivity index is 2.73. The van der Waals surface area contributed by atoms with Crippen LogP contribution in [0, 0.1) is 0 Å². The van der Waals surface area contributed by atoms with Crippen LogP contribution in [0.5, 0.6) is 0 Å².